The fourth-order valence-corrected chi connectivity index (χ4v) is 4.69. The third-order valence-corrected chi connectivity index (χ3v) is 6.19. The maximum absolute atomic E-state index is 13.3. The molecule has 0 radical (unpaired) electrons. The van der Waals surface area contributed by atoms with Crippen LogP contribution in [0.2, 0.25) is 0 Å². The van der Waals surface area contributed by atoms with Gasteiger partial charge in [0.2, 0.25) is 0 Å². The van der Waals surface area contributed by atoms with Gasteiger partial charge in [-0.1, -0.05) is 60.7 Å². The number of carbonyl (C=O) groups is 1. The predicted octanol–water partition coefficient (Wildman–Crippen LogP) is 1.45. The van der Waals surface area contributed by atoms with E-state index in [1.807, 2.05) is 0 Å². The minimum absolute atomic E-state index is 0.309. The van der Waals surface area contributed by atoms with Crippen molar-refractivity contribution in [3.8, 4) is 0 Å². The number of carboxylic acids is 1. The molecule has 0 saturated carbocycles. The second-order valence-corrected chi connectivity index (χ2v) is 7.32. The number of aliphatic hydroxyl groups is 1. The fourth-order valence-electron chi connectivity index (χ4n) is 2.02. The van der Waals surface area contributed by atoms with Crippen molar-refractivity contribution < 1.29 is 19.6 Å². The number of aliphatic carboxylic acids is 1. The van der Waals surface area contributed by atoms with Crippen molar-refractivity contribution in [2.75, 3.05) is 6.16 Å². The van der Waals surface area contributed by atoms with Crippen molar-refractivity contribution in [1.82, 2.24) is 0 Å². The van der Waals surface area contributed by atoms with Gasteiger partial charge in [0, 0.05) is 16.8 Å². The Bertz CT molecular complexity index is 581. The summed E-state index contributed by atoms with van der Waals surface area (Å²) in [5.41, 5.74) is 0. The summed E-state index contributed by atoms with van der Waals surface area (Å²) in [4.78, 5) is 10.9. The Morgan fingerprint density at radius 3 is 1.70 bits per heavy atom. The molecule has 2 aromatic carbocycles. The first-order valence-corrected chi connectivity index (χ1v) is 8.04. The maximum Gasteiger partial charge on any atom is 0.333 e. The van der Waals surface area contributed by atoms with Crippen LogP contribution in [0.5, 0.6) is 0 Å². The molecule has 0 bridgehead atoms. The van der Waals surface area contributed by atoms with E-state index in [0.29, 0.717) is 10.6 Å². The smallest absolute Gasteiger partial charge is 0.333 e. The summed E-state index contributed by atoms with van der Waals surface area (Å²) >= 11 is 0. The lowest BCUT2D eigenvalue weighted by atomic mass is 10.4. The Labute approximate surface area is 117 Å². The van der Waals surface area contributed by atoms with Crippen LogP contribution in [-0.4, -0.2) is 28.4 Å². The van der Waals surface area contributed by atoms with Crippen LogP contribution in [0, 0.1) is 0 Å². The van der Waals surface area contributed by atoms with E-state index in [1.165, 1.54) is 0 Å². The van der Waals surface area contributed by atoms with Crippen LogP contribution in [0.4, 0.5) is 0 Å². The molecule has 2 rings (SSSR count). The zero-order valence-corrected chi connectivity index (χ0v) is 11.6. The Morgan fingerprint density at radius 1 is 0.950 bits per heavy atom. The number of carboxylic acid groups (broad SMARTS) is 1. The van der Waals surface area contributed by atoms with E-state index in [4.69, 9.17) is 5.11 Å². The molecule has 0 heterocycles. The zero-order valence-electron chi connectivity index (χ0n) is 10.7. The average Bonchev–Trinajstić information content (AvgIpc) is 2.48. The molecule has 4 nitrogen and oxygen atoms in total. The lowest BCUT2D eigenvalue weighted by Gasteiger charge is -2.20. The third kappa shape index (κ3) is 2.98. The summed E-state index contributed by atoms with van der Waals surface area (Å²) in [6.45, 7) is 0. The molecular formula is C15H15O4P. The number of aliphatic hydroxyl groups excluding tert-OH is 1. The normalized spacial score (nSPS) is 12.8. The minimum Gasteiger partial charge on any atom is -0.479 e. The molecule has 0 aliphatic heterocycles. The van der Waals surface area contributed by atoms with Crippen LogP contribution in [0.25, 0.3) is 0 Å². The van der Waals surface area contributed by atoms with Gasteiger partial charge in [0.1, 0.15) is 7.14 Å². The SMILES string of the molecule is O=C(O)[C@@H](O)CP(=O)(c1ccccc1)c1ccccc1. The topological polar surface area (TPSA) is 74.6 Å². The van der Waals surface area contributed by atoms with Gasteiger partial charge in [-0.3, -0.25) is 0 Å². The van der Waals surface area contributed by atoms with Gasteiger partial charge in [-0.2, -0.15) is 0 Å². The zero-order chi connectivity index (χ0) is 14.6. The van der Waals surface area contributed by atoms with E-state index in [0.717, 1.165) is 0 Å². The minimum atomic E-state index is -3.16. The van der Waals surface area contributed by atoms with E-state index in [-0.39, 0.29) is 6.16 Å². The van der Waals surface area contributed by atoms with Crippen molar-refractivity contribution in [3.05, 3.63) is 60.7 Å². The molecule has 0 fully saturated rings. The summed E-state index contributed by atoms with van der Waals surface area (Å²) in [5, 5.41) is 19.6. The second kappa shape index (κ2) is 6.04. The van der Waals surface area contributed by atoms with Crippen LogP contribution < -0.4 is 10.6 Å². The highest BCUT2D eigenvalue weighted by Crippen LogP contribution is 2.43. The summed E-state index contributed by atoms with van der Waals surface area (Å²) < 4.78 is 13.3. The van der Waals surface area contributed by atoms with Gasteiger partial charge in [0.25, 0.3) is 0 Å². The van der Waals surface area contributed by atoms with Crippen molar-refractivity contribution in [2.45, 2.75) is 6.10 Å². The number of benzene rings is 2. The largest absolute Gasteiger partial charge is 0.479 e. The van der Waals surface area contributed by atoms with E-state index in [2.05, 4.69) is 0 Å². The van der Waals surface area contributed by atoms with Gasteiger partial charge < -0.3 is 14.8 Å². The third-order valence-electron chi connectivity index (χ3n) is 3.06. The first-order valence-electron chi connectivity index (χ1n) is 6.15. The summed E-state index contributed by atoms with van der Waals surface area (Å²) in [6, 6.07) is 17.4. The Balaban J connectivity index is 2.50. The lowest BCUT2D eigenvalue weighted by Crippen LogP contribution is -2.30. The van der Waals surface area contributed by atoms with Crippen molar-refractivity contribution >= 4 is 23.7 Å². The average molecular weight is 290 g/mol. The molecule has 0 amide bonds. The van der Waals surface area contributed by atoms with Crippen LogP contribution >= 0.6 is 7.14 Å². The van der Waals surface area contributed by atoms with E-state index >= 15 is 0 Å². The highest BCUT2D eigenvalue weighted by atomic mass is 31.2. The van der Waals surface area contributed by atoms with E-state index in [9.17, 15) is 14.5 Å². The van der Waals surface area contributed by atoms with Gasteiger partial charge in [0.15, 0.2) is 6.10 Å². The molecule has 20 heavy (non-hydrogen) atoms. The molecule has 2 aromatic rings. The molecule has 5 heteroatoms. The first-order chi connectivity index (χ1) is 9.54. The number of hydrogen-bond donors (Lipinski definition) is 2. The Hall–Kier alpha value is -1.90. The van der Waals surface area contributed by atoms with Gasteiger partial charge in [-0.15, -0.1) is 0 Å². The highest BCUT2D eigenvalue weighted by molar-refractivity contribution is 7.78. The number of hydrogen-bond acceptors (Lipinski definition) is 3. The van der Waals surface area contributed by atoms with Crippen LogP contribution in [0.1, 0.15) is 0 Å². The monoisotopic (exact) mass is 290 g/mol. The summed E-state index contributed by atoms with van der Waals surface area (Å²) in [6.07, 6.45) is -1.96. The van der Waals surface area contributed by atoms with E-state index < -0.39 is 19.2 Å². The molecule has 0 saturated heterocycles. The summed E-state index contributed by atoms with van der Waals surface area (Å²) in [5.74, 6) is -1.36. The first kappa shape index (κ1) is 14.5. The molecule has 104 valence electrons. The second-order valence-electron chi connectivity index (χ2n) is 4.45. The van der Waals surface area contributed by atoms with Crippen LogP contribution in [-0.2, 0) is 9.36 Å². The predicted molar refractivity (Wildman–Crippen MR) is 78.3 cm³/mol. The van der Waals surface area contributed by atoms with Crippen LogP contribution in [0.3, 0.4) is 0 Å². The molecule has 0 spiro atoms. The molecular weight excluding hydrogens is 275 g/mol. The Kier molecular flexibility index (Phi) is 4.38. The van der Waals surface area contributed by atoms with Gasteiger partial charge in [-0.05, 0) is 0 Å². The maximum atomic E-state index is 13.3. The number of rotatable bonds is 5. The lowest BCUT2D eigenvalue weighted by molar-refractivity contribution is -0.145. The molecule has 0 unspecified atom stereocenters. The molecule has 1 atom stereocenters. The van der Waals surface area contributed by atoms with Gasteiger partial charge in [-0.25, -0.2) is 4.79 Å². The molecule has 0 aromatic heterocycles. The van der Waals surface area contributed by atoms with Gasteiger partial charge >= 0.3 is 5.97 Å². The molecule has 0 aliphatic rings. The standard InChI is InChI=1S/C15H15O4P/c16-14(15(17)18)11-20(19,12-7-3-1-4-8-12)13-9-5-2-6-10-13/h1-10,14,16H,11H2,(H,17,18)/t14-/m0/s1. The summed E-state index contributed by atoms with van der Waals surface area (Å²) in [7, 11) is -3.16. The highest BCUT2D eigenvalue weighted by Gasteiger charge is 2.32. The van der Waals surface area contributed by atoms with Crippen molar-refractivity contribution in [3.63, 3.8) is 0 Å². The molecule has 0 aliphatic carbocycles. The van der Waals surface area contributed by atoms with Crippen molar-refractivity contribution in [2.24, 2.45) is 0 Å². The Morgan fingerprint density at radius 2 is 1.35 bits per heavy atom. The van der Waals surface area contributed by atoms with E-state index in [1.54, 1.807) is 60.7 Å². The van der Waals surface area contributed by atoms with Gasteiger partial charge in [0.05, 0.1) is 0 Å². The van der Waals surface area contributed by atoms with Crippen LogP contribution in [0.15, 0.2) is 60.7 Å². The molecule has 2 N–H and O–H groups in total. The quantitative estimate of drug-likeness (QED) is 0.817. The van der Waals surface area contributed by atoms with Crippen molar-refractivity contribution in [1.29, 1.82) is 0 Å². The fraction of sp³-hybridized carbons (Fsp3) is 0.133.